The SMILES string of the molecule is CCC(N)c1c(F)ccc(N)c1O. The van der Waals surface area contributed by atoms with E-state index in [1.807, 2.05) is 6.92 Å². The minimum absolute atomic E-state index is 0.0995. The molecule has 72 valence electrons. The third-order valence-electron chi connectivity index (χ3n) is 2.01. The lowest BCUT2D eigenvalue weighted by Crippen LogP contribution is -2.11. The van der Waals surface area contributed by atoms with Crippen LogP contribution < -0.4 is 11.5 Å². The number of hydrogen-bond donors (Lipinski definition) is 3. The molecule has 5 N–H and O–H groups in total. The summed E-state index contributed by atoms with van der Waals surface area (Å²) in [6.07, 6.45) is 0.550. The molecule has 0 aliphatic rings. The molecule has 0 aromatic heterocycles. The second kappa shape index (κ2) is 3.62. The van der Waals surface area contributed by atoms with Gasteiger partial charge in [-0.15, -0.1) is 0 Å². The Hall–Kier alpha value is -1.29. The van der Waals surface area contributed by atoms with Crippen molar-refractivity contribution in [3.05, 3.63) is 23.5 Å². The molecule has 1 unspecified atom stereocenters. The summed E-state index contributed by atoms with van der Waals surface area (Å²) in [5, 5.41) is 9.43. The Kier molecular flexibility index (Phi) is 2.72. The molecule has 1 aromatic carbocycles. The average Bonchev–Trinajstić information content (AvgIpc) is 2.12. The Morgan fingerprint density at radius 3 is 2.69 bits per heavy atom. The molecule has 0 radical (unpaired) electrons. The maximum Gasteiger partial charge on any atom is 0.146 e. The number of hydrogen-bond acceptors (Lipinski definition) is 3. The van der Waals surface area contributed by atoms with Gasteiger partial charge in [0.15, 0.2) is 0 Å². The number of aromatic hydroxyl groups is 1. The zero-order chi connectivity index (χ0) is 10.0. The van der Waals surface area contributed by atoms with E-state index in [0.717, 1.165) is 0 Å². The maximum absolute atomic E-state index is 13.2. The summed E-state index contributed by atoms with van der Waals surface area (Å²) in [4.78, 5) is 0. The third kappa shape index (κ3) is 1.72. The first-order chi connectivity index (χ1) is 6.07. The average molecular weight is 184 g/mol. The second-order valence-corrected chi connectivity index (χ2v) is 2.91. The Morgan fingerprint density at radius 2 is 2.15 bits per heavy atom. The molecule has 4 heteroatoms. The number of anilines is 1. The number of nitrogens with two attached hydrogens (primary N) is 2. The van der Waals surface area contributed by atoms with E-state index in [-0.39, 0.29) is 17.0 Å². The fourth-order valence-corrected chi connectivity index (χ4v) is 1.16. The molecule has 1 rings (SSSR count). The standard InChI is InChI=1S/C9H13FN2O/c1-2-6(11)8-5(10)3-4-7(12)9(8)13/h3-4,6,13H,2,11-12H2,1H3. The molecular formula is C9H13FN2O. The zero-order valence-corrected chi connectivity index (χ0v) is 7.42. The van der Waals surface area contributed by atoms with Crippen molar-refractivity contribution in [1.29, 1.82) is 0 Å². The Bertz CT molecular complexity index is 315. The molecule has 0 fully saturated rings. The van der Waals surface area contributed by atoms with Gasteiger partial charge in [0, 0.05) is 11.6 Å². The first kappa shape index (κ1) is 9.80. The van der Waals surface area contributed by atoms with Crippen molar-refractivity contribution in [1.82, 2.24) is 0 Å². The van der Waals surface area contributed by atoms with E-state index in [2.05, 4.69) is 0 Å². The fourth-order valence-electron chi connectivity index (χ4n) is 1.16. The van der Waals surface area contributed by atoms with Crippen LogP contribution in [-0.4, -0.2) is 5.11 Å². The molecule has 0 spiro atoms. The molecule has 13 heavy (non-hydrogen) atoms. The third-order valence-corrected chi connectivity index (χ3v) is 2.01. The molecule has 0 saturated carbocycles. The quantitative estimate of drug-likeness (QED) is 0.482. The molecule has 0 aliphatic carbocycles. The highest BCUT2D eigenvalue weighted by Gasteiger charge is 2.16. The summed E-state index contributed by atoms with van der Waals surface area (Å²) in [6, 6.07) is 2.01. The van der Waals surface area contributed by atoms with Crippen LogP contribution in [0.3, 0.4) is 0 Å². The number of halogens is 1. The van der Waals surface area contributed by atoms with Gasteiger partial charge < -0.3 is 16.6 Å². The van der Waals surface area contributed by atoms with Crippen LogP contribution in [0.5, 0.6) is 5.75 Å². The molecule has 3 nitrogen and oxygen atoms in total. The van der Waals surface area contributed by atoms with Crippen LogP contribution >= 0.6 is 0 Å². The lowest BCUT2D eigenvalue weighted by atomic mass is 10.0. The largest absolute Gasteiger partial charge is 0.505 e. The van der Waals surface area contributed by atoms with E-state index >= 15 is 0 Å². The van der Waals surface area contributed by atoms with Gasteiger partial charge in [-0.2, -0.15) is 0 Å². The molecule has 0 bridgehead atoms. The van der Waals surface area contributed by atoms with Crippen LogP contribution in [0.1, 0.15) is 24.9 Å². The van der Waals surface area contributed by atoms with E-state index in [9.17, 15) is 9.50 Å². The van der Waals surface area contributed by atoms with E-state index in [1.54, 1.807) is 0 Å². The summed E-state index contributed by atoms with van der Waals surface area (Å²) < 4.78 is 13.2. The molecule has 0 aliphatic heterocycles. The minimum Gasteiger partial charge on any atom is -0.505 e. The molecule has 1 atom stereocenters. The second-order valence-electron chi connectivity index (χ2n) is 2.91. The summed E-state index contributed by atoms with van der Waals surface area (Å²) >= 11 is 0. The lowest BCUT2D eigenvalue weighted by Gasteiger charge is -2.13. The van der Waals surface area contributed by atoms with Gasteiger partial charge in [-0.05, 0) is 18.6 Å². The number of rotatable bonds is 2. The Balaban J connectivity index is 3.25. The van der Waals surface area contributed by atoms with E-state index < -0.39 is 11.9 Å². The normalized spacial score (nSPS) is 12.8. The van der Waals surface area contributed by atoms with E-state index in [4.69, 9.17) is 11.5 Å². The van der Waals surface area contributed by atoms with Crippen molar-refractivity contribution in [2.75, 3.05) is 5.73 Å². The first-order valence-corrected chi connectivity index (χ1v) is 4.10. The predicted octanol–water partition coefficient (Wildman–Crippen LogP) is 1.52. The van der Waals surface area contributed by atoms with Crippen LogP contribution in [0, 0.1) is 5.82 Å². The number of phenolic OH excluding ortho intramolecular Hbond substituents is 1. The van der Waals surface area contributed by atoms with Crippen LogP contribution in [-0.2, 0) is 0 Å². The van der Waals surface area contributed by atoms with Gasteiger partial charge in [0.2, 0.25) is 0 Å². The summed E-state index contributed by atoms with van der Waals surface area (Å²) in [5.74, 6) is -0.754. The smallest absolute Gasteiger partial charge is 0.146 e. The van der Waals surface area contributed by atoms with Gasteiger partial charge in [0.05, 0.1) is 5.69 Å². The summed E-state index contributed by atoms with van der Waals surface area (Å²) in [6.45, 7) is 1.81. The van der Waals surface area contributed by atoms with Crippen LogP contribution in [0.25, 0.3) is 0 Å². The highest BCUT2D eigenvalue weighted by molar-refractivity contribution is 5.57. The van der Waals surface area contributed by atoms with Crippen molar-refractivity contribution in [3.8, 4) is 5.75 Å². The van der Waals surface area contributed by atoms with Gasteiger partial charge in [-0.1, -0.05) is 6.92 Å². The van der Waals surface area contributed by atoms with E-state index in [0.29, 0.717) is 6.42 Å². The van der Waals surface area contributed by atoms with Crippen molar-refractivity contribution in [2.24, 2.45) is 5.73 Å². The van der Waals surface area contributed by atoms with Crippen LogP contribution in [0.15, 0.2) is 12.1 Å². The Labute approximate surface area is 76.2 Å². The zero-order valence-electron chi connectivity index (χ0n) is 7.42. The highest BCUT2D eigenvalue weighted by atomic mass is 19.1. The van der Waals surface area contributed by atoms with Gasteiger partial charge in [0.1, 0.15) is 11.6 Å². The fraction of sp³-hybridized carbons (Fsp3) is 0.333. The predicted molar refractivity (Wildman–Crippen MR) is 49.7 cm³/mol. The van der Waals surface area contributed by atoms with Crippen molar-refractivity contribution < 1.29 is 9.50 Å². The van der Waals surface area contributed by atoms with Crippen molar-refractivity contribution >= 4 is 5.69 Å². The first-order valence-electron chi connectivity index (χ1n) is 4.10. The number of phenols is 1. The molecule has 0 saturated heterocycles. The minimum atomic E-state index is -0.513. The molecule has 0 heterocycles. The number of nitrogen functional groups attached to an aromatic ring is 1. The van der Waals surface area contributed by atoms with E-state index in [1.165, 1.54) is 12.1 Å². The van der Waals surface area contributed by atoms with Gasteiger partial charge in [-0.25, -0.2) is 4.39 Å². The number of benzene rings is 1. The van der Waals surface area contributed by atoms with Crippen molar-refractivity contribution in [3.63, 3.8) is 0 Å². The summed E-state index contributed by atoms with van der Waals surface area (Å²) in [7, 11) is 0. The van der Waals surface area contributed by atoms with Crippen molar-refractivity contribution in [2.45, 2.75) is 19.4 Å². The molecular weight excluding hydrogens is 171 g/mol. The van der Waals surface area contributed by atoms with Gasteiger partial charge in [0.25, 0.3) is 0 Å². The van der Waals surface area contributed by atoms with Crippen LogP contribution in [0.4, 0.5) is 10.1 Å². The van der Waals surface area contributed by atoms with Gasteiger partial charge >= 0.3 is 0 Å². The van der Waals surface area contributed by atoms with Gasteiger partial charge in [-0.3, -0.25) is 0 Å². The topological polar surface area (TPSA) is 72.3 Å². The lowest BCUT2D eigenvalue weighted by molar-refractivity contribution is 0.450. The molecule has 0 amide bonds. The van der Waals surface area contributed by atoms with Crippen LogP contribution in [0.2, 0.25) is 0 Å². The summed E-state index contributed by atoms with van der Waals surface area (Å²) in [5.41, 5.74) is 11.3. The maximum atomic E-state index is 13.2. The molecule has 1 aromatic rings. The highest BCUT2D eigenvalue weighted by Crippen LogP contribution is 2.32. The monoisotopic (exact) mass is 184 g/mol. The Morgan fingerprint density at radius 1 is 1.54 bits per heavy atom.